The van der Waals surface area contributed by atoms with Gasteiger partial charge in [-0.3, -0.25) is 9.59 Å². The van der Waals surface area contributed by atoms with Crippen LogP contribution in [0.5, 0.6) is 0 Å². The maximum Gasteiger partial charge on any atom is 0.307 e. The minimum atomic E-state index is -0.858. The molecule has 0 radical (unpaired) electrons. The summed E-state index contributed by atoms with van der Waals surface area (Å²) in [5, 5.41) is 9.68. The zero-order valence-electron chi connectivity index (χ0n) is 17.2. The first-order valence-electron chi connectivity index (χ1n) is 11.3. The van der Waals surface area contributed by atoms with Crippen molar-refractivity contribution in [1.82, 2.24) is 0 Å². The number of Topliss-reactive ketones (excluding diaryl/α,β-unsaturated/α-hetero) is 1. The highest BCUT2D eigenvalue weighted by Crippen LogP contribution is 2.39. The number of carbonyl (C=O) groups excluding carboxylic acids is 1. The number of carbonyl (C=O) groups is 2. The fourth-order valence-corrected chi connectivity index (χ4v) is 5.19. The second-order valence-electron chi connectivity index (χ2n) is 9.09. The van der Waals surface area contributed by atoms with Crippen LogP contribution < -0.4 is 0 Å². The minimum absolute atomic E-state index is 0.0180. The van der Waals surface area contributed by atoms with Crippen LogP contribution in [-0.2, 0) is 9.59 Å². The zero-order valence-corrected chi connectivity index (χ0v) is 17.2. The lowest BCUT2D eigenvalue weighted by Crippen LogP contribution is -2.38. The van der Waals surface area contributed by atoms with E-state index in [9.17, 15) is 14.7 Å². The Morgan fingerprint density at radius 2 is 1.11 bits per heavy atom. The van der Waals surface area contributed by atoms with Crippen LogP contribution in [0.2, 0.25) is 0 Å². The third kappa shape index (κ3) is 5.64. The molecule has 0 aromatic heterocycles. The highest BCUT2D eigenvalue weighted by Gasteiger charge is 2.41. The molecule has 3 saturated carbocycles. The molecule has 0 spiro atoms. The first-order chi connectivity index (χ1) is 13.5. The van der Waals surface area contributed by atoms with Crippen LogP contribution in [0.1, 0.15) is 84.0 Å². The van der Waals surface area contributed by atoms with Crippen LogP contribution in [0.25, 0.3) is 0 Å². The van der Waals surface area contributed by atoms with Crippen molar-refractivity contribution >= 4 is 11.8 Å². The third-order valence-corrected chi connectivity index (χ3v) is 6.98. The SMILES string of the molecule is CC(=O)C1CC(C#CC2CCCCC2)C(C#CC2CCCCC2)CC1C(=O)O. The molecule has 0 aromatic carbocycles. The highest BCUT2D eigenvalue weighted by molar-refractivity contribution is 5.84. The van der Waals surface area contributed by atoms with Crippen LogP contribution in [0.4, 0.5) is 0 Å². The Hall–Kier alpha value is -1.74. The molecule has 3 nitrogen and oxygen atoms in total. The largest absolute Gasteiger partial charge is 0.481 e. The molecule has 3 fully saturated rings. The van der Waals surface area contributed by atoms with Gasteiger partial charge in [0.25, 0.3) is 0 Å². The van der Waals surface area contributed by atoms with E-state index in [2.05, 4.69) is 23.7 Å². The zero-order chi connectivity index (χ0) is 19.9. The number of rotatable bonds is 2. The van der Waals surface area contributed by atoms with E-state index in [-0.39, 0.29) is 17.6 Å². The topological polar surface area (TPSA) is 54.4 Å². The maximum atomic E-state index is 12.1. The molecular weight excluding hydrogens is 348 g/mol. The molecule has 1 N–H and O–H groups in total. The molecular formula is C25H34O3. The second-order valence-corrected chi connectivity index (χ2v) is 9.09. The standard InChI is InChI=1S/C25H34O3/c1-18(26)23-16-21(14-12-19-8-4-2-5-9-19)22(17-24(23)25(27)28)15-13-20-10-6-3-7-11-20/h19-24H,2-11,16-17H2,1H3,(H,27,28). The predicted molar refractivity (Wildman–Crippen MR) is 110 cm³/mol. The van der Waals surface area contributed by atoms with E-state index in [0.29, 0.717) is 24.7 Å². The normalized spacial score (nSPS) is 31.8. The smallest absolute Gasteiger partial charge is 0.307 e. The molecule has 3 aliphatic rings. The van der Waals surface area contributed by atoms with Gasteiger partial charge in [0.1, 0.15) is 5.78 Å². The third-order valence-electron chi connectivity index (χ3n) is 6.98. The molecule has 3 rings (SSSR count). The monoisotopic (exact) mass is 382 g/mol. The summed E-state index contributed by atoms with van der Waals surface area (Å²) >= 11 is 0. The van der Waals surface area contributed by atoms with Gasteiger partial charge in [0.2, 0.25) is 0 Å². The van der Waals surface area contributed by atoms with Crippen molar-refractivity contribution in [2.24, 2.45) is 35.5 Å². The Morgan fingerprint density at radius 3 is 1.50 bits per heavy atom. The molecule has 4 atom stereocenters. The number of carboxylic acids is 1. The number of aliphatic carboxylic acids is 1. The summed E-state index contributed by atoms with van der Waals surface area (Å²) in [4.78, 5) is 23.9. The molecule has 3 aliphatic carbocycles. The Labute approximate surface area is 170 Å². The van der Waals surface area contributed by atoms with Gasteiger partial charge in [0.15, 0.2) is 0 Å². The van der Waals surface area contributed by atoms with Crippen molar-refractivity contribution < 1.29 is 14.7 Å². The van der Waals surface area contributed by atoms with Crippen LogP contribution in [0.3, 0.4) is 0 Å². The number of carboxylic acid groups (broad SMARTS) is 1. The Kier molecular flexibility index (Phi) is 7.61. The van der Waals surface area contributed by atoms with Gasteiger partial charge >= 0.3 is 5.97 Å². The van der Waals surface area contributed by atoms with E-state index < -0.39 is 17.8 Å². The molecule has 0 aromatic rings. The molecule has 0 bridgehead atoms. The van der Waals surface area contributed by atoms with Crippen LogP contribution in [-0.4, -0.2) is 16.9 Å². The van der Waals surface area contributed by atoms with Gasteiger partial charge < -0.3 is 5.11 Å². The molecule has 0 heterocycles. The Balaban J connectivity index is 1.78. The van der Waals surface area contributed by atoms with E-state index in [1.807, 2.05) is 0 Å². The summed E-state index contributed by atoms with van der Waals surface area (Å²) < 4.78 is 0. The lowest BCUT2D eigenvalue weighted by Gasteiger charge is -2.34. The first kappa shape index (κ1) is 21.0. The van der Waals surface area contributed by atoms with Gasteiger partial charge in [0, 0.05) is 29.6 Å². The van der Waals surface area contributed by atoms with Gasteiger partial charge in [0.05, 0.1) is 5.92 Å². The summed E-state index contributed by atoms with van der Waals surface area (Å²) in [7, 11) is 0. The minimum Gasteiger partial charge on any atom is -0.481 e. The van der Waals surface area contributed by atoms with Gasteiger partial charge in [-0.25, -0.2) is 0 Å². The van der Waals surface area contributed by atoms with Crippen molar-refractivity contribution in [2.75, 3.05) is 0 Å². The lowest BCUT2D eigenvalue weighted by atomic mass is 9.67. The molecule has 152 valence electrons. The molecule has 0 aliphatic heterocycles. The van der Waals surface area contributed by atoms with Crippen LogP contribution in [0.15, 0.2) is 0 Å². The molecule has 4 unspecified atom stereocenters. The maximum absolute atomic E-state index is 12.1. The van der Waals surface area contributed by atoms with Crippen molar-refractivity contribution in [1.29, 1.82) is 0 Å². The summed E-state index contributed by atoms with van der Waals surface area (Å²) in [6.07, 6.45) is 13.3. The molecule has 3 heteroatoms. The summed E-state index contributed by atoms with van der Waals surface area (Å²) in [6, 6.07) is 0. The van der Waals surface area contributed by atoms with Crippen molar-refractivity contribution in [3.8, 4) is 23.7 Å². The fourth-order valence-electron chi connectivity index (χ4n) is 5.19. The van der Waals surface area contributed by atoms with Gasteiger partial charge in [-0.15, -0.1) is 0 Å². The van der Waals surface area contributed by atoms with E-state index in [1.165, 1.54) is 58.3 Å². The Bertz CT molecular complexity index is 614. The van der Waals surface area contributed by atoms with Gasteiger partial charge in [-0.2, -0.15) is 0 Å². The van der Waals surface area contributed by atoms with Crippen molar-refractivity contribution in [3.05, 3.63) is 0 Å². The van der Waals surface area contributed by atoms with Crippen LogP contribution >= 0.6 is 0 Å². The van der Waals surface area contributed by atoms with Crippen LogP contribution in [0, 0.1) is 59.2 Å². The van der Waals surface area contributed by atoms with Crippen molar-refractivity contribution in [3.63, 3.8) is 0 Å². The molecule has 0 saturated heterocycles. The average molecular weight is 383 g/mol. The first-order valence-corrected chi connectivity index (χ1v) is 11.3. The van der Waals surface area contributed by atoms with E-state index >= 15 is 0 Å². The highest BCUT2D eigenvalue weighted by atomic mass is 16.4. The number of ketones is 1. The van der Waals surface area contributed by atoms with E-state index in [1.54, 1.807) is 0 Å². The van der Waals surface area contributed by atoms with E-state index in [0.717, 1.165) is 12.8 Å². The average Bonchev–Trinajstić information content (AvgIpc) is 2.71. The van der Waals surface area contributed by atoms with Gasteiger partial charge in [-0.05, 0) is 45.4 Å². The summed E-state index contributed by atoms with van der Waals surface area (Å²) in [5.41, 5.74) is 0. The second kappa shape index (κ2) is 10.2. The van der Waals surface area contributed by atoms with E-state index in [4.69, 9.17) is 0 Å². The van der Waals surface area contributed by atoms with Crippen molar-refractivity contribution in [2.45, 2.75) is 84.0 Å². The fraction of sp³-hybridized carbons (Fsp3) is 0.760. The Morgan fingerprint density at radius 1 is 0.679 bits per heavy atom. The lowest BCUT2D eigenvalue weighted by molar-refractivity contribution is -0.149. The quantitative estimate of drug-likeness (QED) is 0.677. The van der Waals surface area contributed by atoms with Gasteiger partial charge in [-0.1, -0.05) is 62.2 Å². The summed E-state index contributed by atoms with van der Waals surface area (Å²) in [6.45, 7) is 1.53. The number of hydrogen-bond acceptors (Lipinski definition) is 2. The molecule has 28 heavy (non-hydrogen) atoms. The predicted octanol–water partition coefficient (Wildman–Crippen LogP) is 5.09. The number of hydrogen-bond donors (Lipinski definition) is 1. The molecule has 0 amide bonds. The summed E-state index contributed by atoms with van der Waals surface area (Å²) in [5.74, 6) is 12.9.